The van der Waals surface area contributed by atoms with Crippen molar-refractivity contribution in [2.75, 3.05) is 6.54 Å². The van der Waals surface area contributed by atoms with Gasteiger partial charge in [0, 0.05) is 6.54 Å². The summed E-state index contributed by atoms with van der Waals surface area (Å²) in [5, 5.41) is 13.2. The molecule has 1 fully saturated rings. The van der Waals surface area contributed by atoms with Crippen LogP contribution in [0, 0.1) is 5.41 Å². The molecule has 1 aliphatic carbocycles. The van der Waals surface area contributed by atoms with Crippen molar-refractivity contribution in [2.45, 2.75) is 45.4 Å². The van der Waals surface area contributed by atoms with Crippen molar-refractivity contribution in [1.82, 2.24) is 5.32 Å². The maximum Gasteiger partial charge on any atom is 0.140 e. The van der Waals surface area contributed by atoms with E-state index in [0.717, 1.165) is 24.9 Å². The molecule has 2 unspecified atom stereocenters. The number of benzene rings is 1. The fourth-order valence-corrected chi connectivity index (χ4v) is 3.73. The SMILES string of the molecule is CC1=CC2(CC(C)(C)C1)NCC(c1cccc(O)c1)O2. The molecule has 2 atom stereocenters. The van der Waals surface area contributed by atoms with Crippen molar-refractivity contribution in [3.8, 4) is 5.75 Å². The highest BCUT2D eigenvalue weighted by Gasteiger charge is 2.45. The number of phenols is 1. The van der Waals surface area contributed by atoms with Crippen molar-refractivity contribution < 1.29 is 9.84 Å². The van der Waals surface area contributed by atoms with Crippen molar-refractivity contribution >= 4 is 0 Å². The predicted molar refractivity (Wildman–Crippen MR) is 79.4 cm³/mol. The van der Waals surface area contributed by atoms with Crippen LogP contribution in [0.5, 0.6) is 5.75 Å². The smallest absolute Gasteiger partial charge is 0.140 e. The first-order valence-corrected chi connectivity index (χ1v) is 7.28. The fraction of sp³-hybridized carbons (Fsp3) is 0.529. The molecule has 2 N–H and O–H groups in total. The molecule has 20 heavy (non-hydrogen) atoms. The third-order valence-electron chi connectivity index (χ3n) is 4.16. The summed E-state index contributed by atoms with van der Waals surface area (Å²) < 4.78 is 6.34. The Balaban J connectivity index is 1.84. The lowest BCUT2D eigenvalue weighted by Crippen LogP contribution is -2.45. The van der Waals surface area contributed by atoms with Crippen LogP contribution in [0.4, 0.5) is 0 Å². The van der Waals surface area contributed by atoms with E-state index in [2.05, 4.69) is 32.2 Å². The van der Waals surface area contributed by atoms with Gasteiger partial charge < -0.3 is 9.84 Å². The zero-order valence-electron chi connectivity index (χ0n) is 12.4. The highest BCUT2D eigenvalue weighted by molar-refractivity contribution is 5.30. The fourth-order valence-electron chi connectivity index (χ4n) is 3.73. The van der Waals surface area contributed by atoms with Crippen molar-refractivity contribution in [1.29, 1.82) is 0 Å². The minimum absolute atomic E-state index is 0.0000463. The largest absolute Gasteiger partial charge is 0.508 e. The van der Waals surface area contributed by atoms with Gasteiger partial charge in [-0.2, -0.15) is 0 Å². The Bertz CT molecular complexity index is 550. The molecule has 2 aliphatic rings. The van der Waals surface area contributed by atoms with E-state index >= 15 is 0 Å². The van der Waals surface area contributed by atoms with E-state index in [9.17, 15) is 5.11 Å². The highest BCUT2D eigenvalue weighted by atomic mass is 16.5. The van der Waals surface area contributed by atoms with E-state index < -0.39 is 0 Å². The highest BCUT2D eigenvalue weighted by Crippen LogP contribution is 2.45. The van der Waals surface area contributed by atoms with Crippen LogP contribution in [0.15, 0.2) is 35.9 Å². The quantitative estimate of drug-likeness (QED) is 0.769. The molecule has 0 saturated carbocycles. The molecule has 1 aromatic carbocycles. The Labute approximate surface area is 120 Å². The molecule has 3 nitrogen and oxygen atoms in total. The first kappa shape index (κ1) is 13.7. The Hall–Kier alpha value is -1.32. The van der Waals surface area contributed by atoms with Crippen LogP contribution in [-0.4, -0.2) is 17.4 Å². The van der Waals surface area contributed by atoms with E-state index in [1.165, 1.54) is 5.57 Å². The molecule has 108 valence electrons. The van der Waals surface area contributed by atoms with Gasteiger partial charge in [-0.15, -0.1) is 0 Å². The summed E-state index contributed by atoms with van der Waals surface area (Å²) in [4.78, 5) is 0. The summed E-state index contributed by atoms with van der Waals surface area (Å²) in [6.07, 6.45) is 4.34. The Morgan fingerprint density at radius 1 is 1.35 bits per heavy atom. The standard InChI is InChI=1S/C17H23NO2/c1-12-8-16(2,3)11-17(9-12)18-10-15(20-17)13-5-4-6-14(19)7-13/h4-7,9,15,18-19H,8,10-11H2,1-3H3. The lowest BCUT2D eigenvalue weighted by atomic mass is 9.74. The summed E-state index contributed by atoms with van der Waals surface area (Å²) in [6, 6.07) is 7.35. The normalized spacial score (nSPS) is 32.4. The Morgan fingerprint density at radius 2 is 2.15 bits per heavy atom. The second-order valence-corrected chi connectivity index (χ2v) is 6.98. The number of allylic oxidation sites excluding steroid dienone is 1. The monoisotopic (exact) mass is 273 g/mol. The van der Waals surface area contributed by atoms with E-state index in [1.807, 2.05) is 12.1 Å². The molecule has 3 rings (SSSR count). The molecule has 1 aromatic rings. The summed E-state index contributed by atoms with van der Waals surface area (Å²) >= 11 is 0. The van der Waals surface area contributed by atoms with Gasteiger partial charge >= 0.3 is 0 Å². The molecule has 1 heterocycles. The molecule has 0 amide bonds. The average molecular weight is 273 g/mol. The summed E-state index contributed by atoms with van der Waals surface area (Å²) in [5.74, 6) is 0.294. The van der Waals surface area contributed by atoms with Crippen LogP contribution in [-0.2, 0) is 4.74 Å². The molecule has 3 heteroatoms. The van der Waals surface area contributed by atoms with Gasteiger partial charge in [-0.25, -0.2) is 0 Å². The van der Waals surface area contributed by atoms with Gasteiger partial charge in [-0.05, 0) is 49.0 Å². The third-order valence-corrected chi connectivity index (χ3v) is 4.16. The van der Waals surface area contributed by atoms with Crippen LogP contribution in [0.3, 0.4) is 0 Å². The molecule has 0 bridgehead atoms. The maximum atomic E-state index is 9.61. The van der Waals surface area contributed by atoms with Gasteiger partial charge in [0.2, 0.25) is 0 Å². The van der Waals surface area contributed by atoms with Gasteiger partial charge in [0.25, 0.3) is 0 Å². The molecule has 1 spiro atoms. The Kier molecular flexibility index (Phi) is 3.14. The third kappa shape index (κ3) is 2.60. The van der Waals surface area contributed by atoms with Gasteiger partial charge in [-0.3, -0.25) is 5.32 Å². The predicted octanol–water partition coefficient (Wildman–Crippen LogP) is 3.52. The zero-order valence-corrected chi connectivity index (χ0v) is 12.4. The van der Waals surface area contributed by atoms with Gasteiger partial charge in [-0.1, -0.05) is 31.6 Å². The molecular formula is C17H23NO2. The van der Waals surface area contributed by atoms with E-state index in [1.54, 1.807) is 12.1 Å². The summed E-state index contributed by atoms with van der Waals surface area (Å²) in [6.45, 7) is 7.54. The number of hydrogen-bond acceptors (Lipinski definition) is 3. The minimum atomic E-state index is -0.345. The topological polar surface area (TPSA) is 41.5 Å². The number of phenolic OH excluding ortho intramolecular Hbond substituents is 1. The lowest BCUT2D eigenvalue weighted by Gasteiger charge is -2.40. The van der Waals surface area contributed by atoms with Crippen molar-refractivity contribution in [2.24, 2.45) is 5.41 Å². The lowest BCUT2D eigenvalue weighted by molar-refractivity contribution is -0.0492. The van der Waals surface area contributed by atoms with Crippen molar-refractivity contribution in [3.05, 3.63) is 41.5 Å². The summed E-state index contributed by atoms with van der Waals surface area (Å²) in [5.41, 5.74) is 2.32. The van der Waals surface area contributed by atoms with Crippen LogP contribution < -0.4 is 5.32 Å². The van der Waals surface area contributed by atoms with E-state index in [0.29, 0.717) is 5.75 Å². The molecule has 1 saturated heterocycles. The second-order valence-electron chi connectivity index (χ2n) is 6.98. The first-order valence-electron chi connectivity index (χ1n) is 7.28. The Morgan fingerprint density at radius 3 is 2.85 bits per heavy atom. The molecule has 0 radical (unpaired) electrons. The molecule has 1 aliphatic heterocycles. The van der Waals surface area contributed by atoms with Crippen LogP contribution in [0.1, 0.15) is 45.3 Å². The van der Waals surface area contributed by atoms with Crippen LogP contribution >= 0.6 is 0 Å². The average Bonchev–Trinajstić information content (AvgIpc) is 2.69. The van der Waals surface area contributed by atoms with Crippen molar-refractivity contribution in [3.63, 3.8) is 0 Å². The molecule has 0 aromatic heterocycles. The molecular weight excluding hydrogens is 250 g/mol. The van der Waals surface area contributed by atoms with Gasteiger partial charge in [0.05, 0.1) is 6.10 Å². The number of ether oxygens (including phenoxy) is 1. The second kappa shape index (κ2) is 4.61. The van der Waals surface area contributed by atoms with Crippen LogP contribution in [0.2, 0.25) is 0 Å². The first-order chi connectivity index (χ1) is 9.38. The van der Waals surface area contributed by atoms with Gasteiger partial charge in [0.1, 0.15) is 11.5 Å². The van der Waals surface area contributed by atoms with E-state index in [4.69, 9.17) is 4.74 Å². The summed E-state index contributed by atoms with van der Waals surface area (Å²) in [7, 11) is 0. The number of aromatic hydroxyl groups is 1. The number of rotatable bonds is 1. The van der Waals surface area contributed by atoms with Gasteiger partial charge in [0.15, 0.2) is 0 Å². The minimum Gasteiger partial charge on any atom is -0.508 e. The zero-order chi connectivity index (χ0) is 14.4. The maximum absolute atomic E-state index is 9.61. The number of hydrogen-bond donors (Lipinski definition) is 2. The number of nitrogens with one attached hydrogen (secondary N) is 1. The van der Waals surface area contributed by atoms with E-state index in [-0.39, 0.29) is 17.2 Å². The van der Waals surface area contributed by atoms with Crippen LogP contribution in [0.25, 0.3) is 0 Å².